The van der Waals surface area contributed by atoms with Crippen LogP contribution in [0.2, 0.25) is 5.02 Å². The molecule has 3 aromatic rings. The van der Waals surface area contributed by atoms with E-state index in [0.717, 1.165) is 0 Å². The maximum Gasteiger partial charge on any atom is 0.278 e. The van der Waals surface area contributed by atoms with E-state index in [1.54, 1.807) is 43.3 Å². The second kappa shape index (κ2) is 6.18. The molecule has 1 heterocycles. The van der Waals surface area contributed by atoms with Gasteiger partial charge in [0.05, 0.1) is 22.1 Å². The summed E-state index contributed by atoms with van der Waals surface area (Å²) in [6, 6.07) is 12.8. The van der Waals surface area contributed by atoms with Crippen LogP contribution in [-0.2, 0) is 0 Å². The molecule has 1 aromatic heterocycles. The number of para-hydroxylation sites is 1. The number of aromatic nitrogens is 3. The van der Waals surface area contributed by atoms with Gasteiger partial charge in [0.2, 0.25) is 0 Å². The van der Waals surface area contributed by atoms with Gasteiger partial charge >= 0.3 is 0 Å². The minimum atomic E-state index is -0.432. The predicted octanol–water partition coefficient (Wildman–Crippen LogP) is 3.62. The van der Waals surface area contributed by atoms with Gasteiger partial charge in [-0.3, -0.25) is 4.79 Å². The van der Waals surface area contributed by atoms with Crippen molar-refractivity contribution in [1.82, 2.24) is 15.0 Å². The van der Waals surface area contributed by atoms with Crippen LogP contribution in [0.3, 0.4) is 0 Å². The van der Waals surface area contributed by atoms with Crippen LogP contribution >= 0.6 is 11.6 Å². The molecule has 1 amide bonds. The highest BCUT2D eigenvalue weighted by Gasteiger charge is 2.18. The Kier molecular flexibility index (Phi) is 4.08. The minimum Gasteiger partial charge on any atom is -0.319 e. The number of nitrogens with zero attached hydrogens (tertiary/aromatic N) is 3. The molecule has 0 saturated heterocycles. The number of amides is 1. The average molecular weight is 331 g/mol. The summed E-state index contributed by atoms with van der Waals surface area (Å²) in [7, 11) is 0. The molecule has 0 fully saturated rings. The van der Waals surface area contributed by atoms with Crippen molar-refractivity contribution in [3.8, 4) is 5.69 Å². The monoisotopic (exact) mass is 330 g/mol. The lowest BCUT2D eigenvalue weighted by Gasteiger charge is -2.06. The van der Waals surface area contributed by atoms with Crippen LogP contribution in [0.1, 0.15) is 16.2 Å². The van der Waals surface area contributed by atoms with Gasteiger partial charge in [-0.2, -0.15) is 0 Å². The number of carbonyl (C=O) groups excluding carboxylic acids is 1. The lowest BCUT2D eigenvalue weighted by Crippen LogP contribution is -2.14. The molecule has 1 N–H and O–H groups in total. The quantitative estimate of drug-likeness (QED) is 0.798. The third-order valence-electron chi connectivity index (χ3n) is 3.28. The van der Waals surface area contributed by atoms with Crippen LogP contribution in [0.25, 0.3) is 5.69 Å². The van der Waals surface area contributed by atoms with E-state index in [4.69, 9.17) is 11.6 Å². The Bertz CT molecular complexity index is 878. The molecule has 5 nitrogen and oxygen atoms in total. The molecule has 2 aromatic carbocycles. The molecule has 116 valence electrons. The fourth-order valence-electron chi connectivity index (χ4n) is 2.14. The van der Waals surface area contributed by atoms with E-state index in [0.29, 0.717) is 22.1 Å². The summed E-state index contributed by atoms with van der Waals surface area (Å²) in [5.41, 5.74) is 1.63. The number of carbonyl (C=O) groups is 1. The van der Waals surface area contributed by atoms with E-state index in [-0.39, 0.29) is 11.5 Å². The van der Waals surface area contributed by atoms with Gasteiger partial charge in [0.1, 0.15) is 5.82 Å². The fraction of sp³-hybridized carbons (Fsp3) is 0.0625. The number of halogens is 2. The number of rotatable bonds is 3. The zero-order valence-corrected chi connectivity index (χ0v) is 12.9. The highest BCUT2D eigenvalue weighted by Crippen LogP contribution is 2.21. The van der Waals surface area contributed by atoms with Crippen LogP contribution in [0.4, 0.5) is 10.1 Å². The molecule has 23 heavy (non-hydrogen) atoms. The van der Waals surface area contributed by atoms with Crippen LogP contribution in [0, 0.1) is 12.7 Å². The van der Waals surface area contributed by atoms with E-state index in [1.807, 2.05) is 0 Å². The third kappa shape index (κ3) is 3.07. The first-order valence-electron chi connectivity index (χ1n) is 6.80. The van der Waals surface area contributed by atoms with Gasteiger partial charge < -0.3 is 5.32 Å². The number of hydrogen-bond donors (Lipinski definition) is 1. The molecule has 7 heteroatoms. The fourth-order valence-corrected chi connectivity index (χ4v) is 2.32. The summed E-state index contributed by atoms with van der Waals surface area (Å²) in [6.45, 7) is 1.69. The van der Waals surface area contributed by atoms with Crippen molar-refractivity contribution in [2.75, 3.05) is 5.32 Å². The summed E-state index contributed by atoms with van der Waals surface area (Å²) in [5, 5.41) is 10.9. The van der Waals surface area contributed by atoms with Crippen molar-refractivity contribution in [3.63, 3.8) is 0 Å². The molecule has 0 unspecified atom stereocenters. The molecule has 3 rings (SSSR count). The van der Waals surface area contributed by atoms with Crippen molar-refractivity contribution in [3.05, 3.63) is 70.8 Å². The van der Waals surface area contributed by atoms with Crippen LogP contribution in [-0.4, -0.2) is 20.9 Å². The van der Waals surface area contributed by atoms with E-state index >= 15 is 0 Å². The Morgan fingerprint density at radius 2 is 2.00 bits per heavy atom. The van der Waals surface area contributed by atoms with Gasteiger partial charge in [0.15, 0.2) is 5.69 Å². The molecular weight excluding hydrogens is 319 g/mol. The van der Waals surface area contributed by atoms with Gasteiger partial charge in [0.25, 0.3) is 5.91 Å². The second-order valence-corrected chi connectivity index (χ2v) is 5.26. The van der Waals surface area contributed by atoms with Crippen LogP contribution in [0.15, 0.2) is 48.5 Å². The van der Waals surface area contributed by atoms with Crippen molar-refractivity contribution < 1.29 is 9.18 Å². The minimum absolute atomic E-state index is 0.147. The van der Waals surface area contributed by atoms with Gasteiger partial charge in [-0.1, -0.05) is 35.0 Å². The molecule has 0 saturated carbocycles. The number of hydrogen-bond acceptors (Lipinski definition) is 3. The average Bonchev–Trinajstić information content (AvgIpc) is 2.91. The second-order valence-electron chi connectivity index (χ2n) is 4.85. The highest BCUT2D eigenvalue weighted by atomic mass is 35.5. The van der Waals surface area contributed by atoms with Gasteiger partial charge in [-0.05, 0) is 37.3 Å². The standard InChI is InChI=1S/C16H12ClFN4O/c1-10-15(16(23)19-14-8-3-2-7-13(14)17)20-21-22(10)12-6-4-5-11(18)9-12/h2-9H,1H3,(H,19,23). The third-order valence-corrected chi connectivity index (χ3v) is 3.61. The number of nitrogens with one attached hydrogen (secondary N) is 1. The van der Waals surface area contributed by atoms with Gasteiger partial charge in [-0.15, -0.1) is 5.10 Å². The Labute approximate surface area is 136 Å². The summed E-state index contributed by atoms with van der Waals surface area (Å²) < 4.78 is 14.7. The SMILES string of the molecule is Cc1c(C(=O)Nc2ccccc2Cl)nnn1-c1cccc(F)c1. The summed E-state index contributed by atoms with van der Waals surface area (Å²) in [4.78, 5) is 12.3. The van der Waals surface area contributed by atoms with Crippen molar-refractivity contribution >= 4 is 23.2 Å². The maximum absolute atomic E-state index is 13.3. The topological polar surface area (TPSA) is 59.8 Å². The molecule has 0 aliphatic rings. The van der Waals surface area contributed by atoms with Gasteiger partial charge in [-0.25, -0.2) is 9.07 Å². The summed E-state index contributed by atoms with van der Waals surface area (Å²) in [6.07, 6.45) is 0. The van der Waals surface area contributed by atoms with Crippen molar-refractivity contribution in [2.45, 2.75) is 6.92 Å². The predicted molar refractivity (Wildman–Crippen MR) is 85.5 cm³/mol. The molecule has 0 aliphatic heterocycles. The Hall–Kier alpha value is -2.73. The highest BCUT2D eigenvalue weighted by molar-refractivity contribution is 6.33. The zero-order valence-electron chi connectivity index (χ0n) is 12.1. The first kappa shape index (κ1) is 15.2. The van der Waals surface area contributed by atoms with Gasteiger partial charge in [0, 0.05) is 0 Å². The number of benzene rings is 2. The first-order valence-corrected chi connectivity index (χ1v) is 7.18. The molecule has 0 bridgehead atoms. The Morgan fingerprint density at radius 3 is 2.74 bits per heavy atom. The lowest BCUT2D eigenvalue weighted by atomic mass is 10.2. The lowest BCUT2D eigenvalue weighted by molar-refractivity contribution is 0.102. The molecular formula is C16H12ClFN4O. The van der Waals surface area contributed by atoms with E-state index in [9.17, 15) is 9.18 Å². The smallest absolute Gasteiger partial charge is 0.278 e. The molecule has 0 atom stereocenters. The first-order chi connectivity index (χ1) is 11.1. The zero-order chi connectivity index (χ0) is 16.4. The molecule has 0 aliphatic carbocycles. The normalized spacial score (nSPS) is 10.6. The van der Waals surface area contributed by atoms with Crippen LogP contribution < -0.4 is 5.32 Å². The Morgan fingerprint density at radius 1 is 1.22 bits per heavy atom. The van der Waals surface area contributed by atoms with E-state index in [1.165, 1.54) is 16.8 Å². The van der Waals surface area contributed by atoms with Crippen molar-refractivity contribution in [2.24, 2.45) is 0 Å². The van der Waals surface area contributed by atoms with E-state index in [2.05, 4.69) is 15.6 Å². The molecule has 0 spiro atoms. The van der Waals surface area contributed by atoms with Crippen molar-refractivity contribution in [1.29, 1.82) is 0 Å². The maximum atomic E-state index is 13.3. The summed E-state index contributed by atoms with van der Waals surface area (Å²) in [5.74, 6) is -0.822. The van der Waals surface area contributed by atoms with Crippen LogP contribution in [0.5, 0.6) is 0 Å². The Balaban J connectivity index is 1.90. The number of anilines is 1. The summed E-state index contributed by atoms with van der Waals surface area (Å²) >= 11 is 6.02. The van der Waals surface area contributed by atoms with E-state index < -0.39 is 5.91 Å². The molecule has 0 radical (unpaired) electrons. The largest absolute Gasteiger partial charge is 0.319 e.